The van der Waals surface area contributed by atoms with Crippen LogP contribution in [-0.4, -0.2) is 5.78 Å². The Bertz CT molecular complexity index is 145. The maximum Gasteiger partial charge on any atom is 0.135 e. The molecule has 0 saturated heterocycles. The Morgan fingerprint density at radius 1 is 1.33 bits per heavy atom. The summed E-state index contributed by atoms with van der Waals surface area (Å²) in [7, 11) is 0. The first-order valence-electron chi connectivity index (χ1n) is 5.28. The molecule has 1 saturated carbocycles. The lowest BCUT2D eigenvalue weighted by molar-refractivity contribution is -0.124. The Kier molecular flexibility index (Phi) is 3.77. The average molecular weight is 168 g/mol. The molecule has 70 valence electrons. The molecule has 0 spiro atoms. The standard InChI is InChI=1S/C11H20O/c1-3-11(12)9(2)10-7-5-4-6-8-10/h9-10H,3-8H2,1-2H3. The molecule has 1 atom stereocenters. The molecule has 0 N–H and O–H groups in total. The molecule has 12 heavy (non-hydrogen) atoms. The van der Waals surface area contributed by atoms with E-state index in [0.29, 0.717) is 17.6 Å². The number of Topliss-reactive ketones (excluding diaryl/α,β-unsaturated/α-hetero) is 1. The van der Waals surface area contributed by atoms with Crippen molar-refractivity contribution >= 4 is 5.78 Å². The van der Waals surface area contributed by atoms with Gasteiger partial charge in [-0.25, -0.2) is 0 Å². The SMILES string of the molecule is CCC(=O)C(C)C1CCCCC1. The van der Waals surface area contributed by atoms with Crippen molar-refractivity contribution in [2.75, 3.05) is 0 Å². The summed E-state index contributed by atoms with van der Waals surface area (Å²) in [6.07, 6.45) is 7.35. The van der Waals surface area contributed by atoms with E-state index < -0.39 is 0 Å². The fourth-order valence-corrected chi connectivity index (χ4v) is 2.22. The van der Waals surface area contributed by atoms with Crippen molar-refractivity contribution in [2.24, 2.45) is 11.8 Å². The van der Waals surface area contributed by atoms with Crippen molar-refractivity contribution in [1.82, 2.24) is 0 Å². The van der Waals surface area contributed by atoms with Gasteiger partial charge in [-0.1, -0.05) is 33.1 Å². The van der Waals surface area contributed by atoms with E-state index in [4.69, 9.17) is 0 Å². The molecule has 0 radical (unpaired) electrons. The fraction of sp³-hybridized carbons (Fsp3) is 0.909. The maximum absolute atomic E-state index is 11.4. The molecule has 0 heterocycles. The number of hydrogen-bond acceptors (Lipinski definition) is 1. The normalized spacial score (nSPS) is 22.2. The first-order chi connectivity index (χ1) is 5.75. The van der Waals surface area contributed by atoms with Crippen LogP contribution in [0.2, 0.25) is 0 Å². The zero-order chi connectivity index (χ0) is 8.97. The molecule has 1 unspecified atom stereocenters. The van der Waals surface area contributed by atoms with Crippen molar-refractivity contribution < 1.29 is 4.79 Å². The Morgan fingerprint density at radius 2 is 1.92 bits per heavy atom. The van der Waals surface area contributed by atoms with E-state index in [1.54, 1.807) is 0 Å². The van der Waals surface area contributed by atoms with Crippen molar-refractivity contribution in [3.63, 3.8) is 0 Å². The molecule has 0 amide bonds. The summed E-state index contributed by atoms with van der Waals surface area (Å²) in [5.74, 6) is 1.49. The van der Waals surface area contributed by atoms with Crippen LogP contribution in [0.25, 0.3) is 0 Å². The fourth-order valence-electron chi connectivity index (χ4n) is 2.22. The van der Waals surface area contributed by atoms with Crippen molar-refractivity contribution in [3.05, 3.63) is 0 Å². The summed E-state index contributed by atoms with van der Waals surface area (Å²) >= 11 is 0. The molecule has 1 aliphatic rings. The van der Waals surface area contributed by atoms with E-state index in [-0.39, 0.29) is 0 Å². The van der Waals surface area contributed by atoms with Gasteiger partial charge in [0.1, 0.15) is 5.78 Å². The van der Waals surface area contributed by atoms with Crippen LogP contribution in [-0.2, 0) is 4.79 Å². The van der Waals surface area contributed by atoms with Gasteiger partial charge in [0.15, 0.2) is 0 Å². The molecular formula is C11H20O. The van der Waals surface area contributed by atoms with Crippen LogP contribution in [0.5, 0.6) is 0 Å². The zero-order valence-corrected chi connectivity index (χ0v) is 8.31. The van der Waals surface area contributed by atoms with Crippen molar-refractivity contribution in [1.29, 1.82) is 0 Å². The Hall–Kier alpha value is -0.330. The minimum atomic E-state index is 0.329. The summed E-state index contributed by atoms with van der Waals surface area (Å²) in [6, 6.07) is 0. The first-order valence-corrected chi connectivity index (χ1v) is 5.28. The Labute approximate surface area is 75.5 Å². The second-order valence-corrected chi connectivity index (χ2v) is 4.01. The second-order valence-electron chi connectivity index (χ2n) is 4.01. The van der Waals surface area contributed by atoms with Crippen LogP contribution in [0.1, 0.15) is 52.4 Å². The van der Waals surface area contributed by atoms with Gasteiger partial charge in [-0.05, 0) is 18.8 Å². The third-order valence-electron chi connectivity index (χ3n) is 3.21. The van der Waals surface area contributed by atoms with E-state index in [0.717, 1.165) is 6.42 Å². The molecule has 1 fully saturated rings. The molecule has 1 aliphatic carbocycles. The molecule has 0 bridgehead atoms. The van der Waals surface area contributed by atoms with Gasteiger partial charge in [-0.2, -0.15) is 0 Å². The van der Waals surface area contributed by atoms with Crippen LogP contribution in [0.3, 0.4) is 0 Å². The van der Waals surface area contributed by atoms with Gasteiger partial charge in [-0.15, -0.1) is 0 Å². The van der Waals surface area contributed by atoms with Gasteiger partial charge in [0.05, 0.1) is 0 Å². The van der Waals surface area contributed by atoms with E-state index >= 15 is 0 Å². The number of carbonyl (C=O) groups is 1. The number of rotatable bonds is 3. The quantitative estimate of drug-likeness (QED) is 0.632. The minimum Gasteiger partial charge on any atom is -0.299 e. The summed E-state index contributed by atoms with van der Waals surface area (Å²) < 4.78 is 0. The molecule has 1 heteroatoms. The maximum atomic E-state index is 11.4. The van der Waals surface area contributed by atoms with Gasteiger partial charge >= 0.3 is 0 Å². The highest BCUT2D eigenvalue weighted by molar-refractivity contribution is 5.80. The van der Waals surface area contributed by atoms with Gasteiger partial charge in [0, 0.05) is 12.3 Å². The van der Waals surface area contributed by atoms with Gasteiger partial charge in [-0.3, -0.25) is 4.79 Å². The lowest BCUT2D eigenvalue weighted by Crippen LogP contribution is -2.22. The van der Waals surface area contributed by atoms with Crippen LogP contribution in [0, 0.1) is 11.8 Å². The van der Waals surface area contributed by atoms with Gasteiger partial charge < -0.3 is 0 Å². The topological polar surface area (TPSA) is 17.1 Å². The molecule has 0 aromatic carbocycles. The zero-order valence-electron chi connectivity index (χ0n) is 8.31. The predicted molar refractivity (Wildman–Crippen MR) is 51.0 cm³/mol. The van der Waals surface area contributed by atoms with Crippen molar-refractivity contribution in [3.8, 4) is 0 Å². The van der Waals surface area contributed by atoms with E-state index in [1.165, 1.54) is 32.1 Å². The molecule has 0 aromatic rings. The second kappa shape index (κ2) is 4.64. The lowest BCUT2D eigenvalue weighted by Gasteiger charge is -2.26. The smallest absolute Gasteiger partial charge is 0.135 e. The van der Waals surface area contributed by atoms with Crippen LogP contribution < -0.4 is 0 Å². The summed E-state index contributed by atoms with van der Waals surface area (Å²) in [5.41, 5.74) is 0. The third kappa shape index (κ3) is 2.33. The highest BCUT2D eigenvalue weighted by atomic mass is 16.1. The van der Waals surface area contributed by atoms with Crippen LogP contribution in [0.15, 0.2) is 0 Å². The van der Waals surface area contributed by atoms with E-state index in [9.17, 15) is 4.79 Å². The summed E-state index contributed by atoms with van der Waals surface area (Å²) in [5, 5.41) is 0. The van der Waals surface area contributed by atoms with E-state index in [2.05, 4.69) is 6.92 Å². The predicted octanol–water partition coefficient (Wildman–Crippen LogP) is 3.18. The number of ketones is 1. The highest BCUT2D eigenvalue weighted by Crippen LogP contribution is 2.30. The third-order valence-corrected chi connectivity index (χ3v) is 3.21. The van der Waals surface area contributed by atoms with E-state index in [1.807, 2.05) is 6.92 Å². The first kappa shape index (κ1) is 9.76. The molecule has 0 aliphatic heterocycles. The van der Waals surface area contributed by atoms with Crippen LogP contribution >= 0.6 is 0 Å². The lowest BCUT2D eigenvalue weighted by atomic mass is 9.78. The highest BCUT2D eigenvalue weighted by Gasteiger charge is 2.23. The van der Waals surface area contributed by atoms with Gasteiger partial charge in [0.25, 0.3) is 0 Å². The number of carbonyl (C=O) groups excluding carboxylic acids is 1. The Balaban J connectivity index is 2.39. The minimum absolute atomic E-state index is 0.329. The average Bonchev–Trinajstić information content (AvgIpc) is 2.17. The number of hydrogen-bond donors (Lipinski definition) is 0. The monoisotopic (exact) mass is 168 g/mol. The Morgan fingerprint density at radius 3 is 2.42 bits per heavy atom. The molecule has 1 rings (SSSR count). The summed E-state index contributed by atoms with van der Waals surface area (Å²) in [4.78, 5) is 11.4. The largest absolute Gasteiger partial charge is 0.299 e. The summed E-state index contributed by atoms with van der Waals surface area (Å²) in [6.45, 7) is 4.09. The molecule has 1 nitrogen and oxygen atoms in total. The van der Waals surface area contributed by atoms with Crippen LogP contribution in [0.4, 0.5) is 0 Å². The molecular weight excluding hydrogens is 148 g/mol. The molecule has 0 aromatic heterocycles. The van der Waals surface area contributed by atoms with Gasteiger partial charge in [0.2, 0.25) is 0 Å². The van der Waals surface area contributed by atoms with Crippen molar-refractivity contribution in [2.45, 2.75) is 52.4 Å².